The van der Waals surface area contributed by atoms with Crippen molar-refractivity contribution in [3.63, 3.8) is 0 Å². The summed E-state index contributed by atoms with van der Waals surface area (Å²) in [7, 11) is 0. The molecule has 0 aromatic heterocycles. The SMILES string of the molecule is CC.CC.C[C@H](Cc1ccccc1)c1ccccc1. The molecule has 0 unspecified atom stereocenters. The Morgan fingerprint density at radius 1 is 0.684 bits per heavy atom. The maximum atomic E-state index is 2.28. The lowest BCUT2D eigenvalue weighted by Crippen LogP contribution is -1.97. The number of rotatable bonds is 3. The van der Waals surface area contributed by atoms with Gasteiger partial charge in [0, 0.05) is 0 Å². The minimum absolute atomic E-state index is 0.591. The van der Waals surface area contributed by atoms with Gasteiger partial charge in [-0.25, -0.2) is 0 Å². The van der Waals surface area contributed by atoms with Crippen molar-refractivity contribution < 1.29 is 0 Å². The topological polar surface area (TPSA) is 0 Å². The van der Waals surface area contributed by atoms with Gasteiger partial charge in [0.25, 0.3) is 0 Å². The summed E-state index contributed by atoms with van der Waals surface area (Å²) in [5.41, 5.74) is 2.83. The van der Waals surface area contributed by atoms with Crippen molar-refractivity contribution in [2.45, 2.75) is 47.0 Å². The molecule has 0 spiro atoms. The van der Waals surface area contributed by atoms with Gasteiger partial charge in [-0.2, -0.15) is 0 Å². The van der Waals surface area contributed by atoms with Crippen LogP contribution in [0, 0.1) is 0 Å². The van der Waals surface area contributed by atoms with Crippen LogP contribution in [0.15, 0.2) is 60.7 Å². The summed E-state index contributed by atoms with van der Waals surface area (Å²) >= 11 is 0. The van der Waals surface area contributed by atoms with Crippen LogP contribution in [0.2, 0.25) is 0 Å². The molecule has 0 heterocycles. The molecule has 104 valence electrons. The van der Waals surface area contributed by atoms with Crippen LogP contribution in [0.4, 0.5) is 0 Å². The highest BCUT2D eigenvalue weighted by atomic mass is 14.1. The van der Waals surface area contributed by atoms with Gasteiger partial charge in [0.15, 0.2) is 0 Å². The average Bonchev–Trinajstić information content (AvgIpc) is 2.53. The molecule has 0 saturated carbocycles. The summed E-state index contributed by atoms with van der Waals surface area (Å²) in [4.78, 5) is 0. The highest BCUT2D eigenvalue weighted by Crippen LogP contribution is 2.19. The third kappa shape index (κ3) is 6.81. The summed E-state index contributed by atoms with van der Waals surface area (Å²) in [6.45, 7) is 10.3. The summed E-state index contributed by atoms with van der Waals surface area (Å²) in [5, 5.41) is 0. The van der Waals surface area contributed by atoms with E-state index in [9.17, 15) is 0 Å². The van der Waals surface area contributed by atoms with Gasteiger partial charge in [0.1, 0.15) is 0 Å². The predicted octanol–water partition coefficient (Wildman–Crippen LogP) is 6.09. The van der Waals surface area contributed by atoms with Crippen LogP contribution in [-0.4, -0.2) is 0 Å². The van der Waals surface area contributed by atoms with E-state index in [0.29, 0.717) is 5.92 Å². The molecule has 1 atom stereocenters. The number of hydrogen-bond acceptors (Lipinski definition) is 0. The molecule has 2 rings (SSSR count). The van der Waals surface area contributed by atoms with Gasteiger partial charge < -0.3 is 0 Å². The molecular weight excluding hydrogens is 228 g/mol. The molecule has 0 saturated heterocycles. The predicted molar refractivity (Wildman–Crippen MR) is 87.7 cm³/mol. The Hall–Kier alpha value is -1.56. The van der Waals surface area contributed by atoms with E-state index in [2.05, 4.69) is 67.6 Å². The van der Waals surface area contributed by atoms with Crippen molar-refractivity contribution in [1.82, 2.24) is 0 Å². The lowest BCUT2D eigenvalue weighted by atomic mass is 9.94. The van der Waals surface area contributed by atoms with E-state index in [-0.39, 0.29) is 0 Å². The summed E-state index contributed by atoms with van der Waals surface area (Å²) in [6, 6.07) is 21.4. The van der Waals surface area contributed by atoms with Crippen molar-refractivity contribution in [1.29, 1.82) is 0 Å². The fraction of sp³-hybridized carbons (Fsp3) is 0.368. The summed E-state index contributed by atoms with van der Waals surface area (Å²) in [6.07, 6.45) is 1.12. The van der Waals surface area contributed by atoms with Crippen LogP contribution in [0.25, 0.3) is 0 Å². The molecule has 0 aliphatic heterocycles. The van der Waals surface area contributed by atoms with E-state index < -0.39 is 0 Å². The molecule has 0 fully saturated rings. The molecule has 0 N–H and O–H groups in total. The van der Waals surface area contributed by atoms with E-state index in [1.165, 1.54) is 11.1 Å². The summed E-state index contributed by atoms with van der Waals surface area (Å²) in [5.74, 6) is 0.591. The Morgan fingerprint density at radius 3 is 1.58 bits per heavy atom. The fourth-order valence-corrected chi connectivity index (χ4v) is 1.87. The maximum absolute atomic E-state index is 2.28. The Morgan fingerprint density at radius 2 is 1.11 bits per heavy atom. The highest BCUT2D eigenvalue weighted by Gasteiger charge is 2.04. The molecule has 19 heavy (non-hydrogen) atoms. The van der Waals surface area contributed by atoms with Gasteiger partial charge in [-0.1, -0.05) is 95.3 Å². The zero-order valence-corrected chi connectivity index (χ0v) is 13.1. The monoisotopic (exact) mass is 256 g/mol. The largest absolute Gasteiger partial charge is 0.0683 e. The molecule has 0 heteroatoms. The van der Waals surface area contributed by atoms with Gasteiger partial charge >= 0.3 is 0 Å². The van der Waals surface area contributed by atoms with Crippen molar-refractivity contribution in [3.8, 4) is 0 Å². The third-order valence-electron chi connectivity index (χ3n) is 2.75. The Kier molecular flexibility index (Phi) is 10.6. The highest BCUT2D eigenvalue weighted by molar-refractivity contribution is 5.23. The van der Waals surface area contributed by atoms with Gasteiger partial charge in [-0.05, 0) is 23.5 Å². The van der Waals surface area contributed by atoms with Crippen molar-refractivity contribution >= 4 is 0 Å². The molecule has 2 aromatic carbocycles. The Balaban J connectivity index is 0.000000741. The molecule has 0 nitrogen and oxygen atoms in total. The molecule has 0 radical (unpaired) electrons. The minimum Gasteiger partial charge on any atom is -0.0683 e. The van der Waals surface area contributed by atoms with E-state index in [0.717, 1.165) is 6.42 Å². The molecule has 0 aliphatic rings. The maximum Gasteiger partial charge on any atom is -0.0150 e. The van der Waals surface area contributed by atoms with Crippen LogP contribution >= 0.6 is 0 Å². The van der Waals surface area contributed by atoms with Gasteiger partial charge in [0.2, 0.25) is 0 Å². The van der Waals surface area contributed by atoms with Crippen molar-refractivity contribution in [3.05, 3.63) is 71.8 Å². The first-order chi connectivity index (χ1) is 9.36. The van der Waals surface area contributed by atoms with Crippen LogP contribution < -0.4 is 0 Å². The Bertz CT molecular complexity index is 389. The first-order valence-electron chi connectivity index (χ1n) is 7.45. The smallest absolute Gasteiger partial charge is 0.0150 e. The molecule has 2 aromatic rings. The normalized spacial score (nSPS) is 10.4. The lowest BCUT2D eigenvalue weighted by Gasteiger charge is -2.11. The first-order valence-corrected chi connectivity index (χ1v) is 7.45. The van der Waals surface area contributed by atoms with Gasteiger partial charge in [-0.15, -0.1) is 0 Å². The van der Waals surface area contributed by atoms with Crippen LogP contribution in [-0.2, 0) is 6.42 Å². The summed E-state index contributed by atoms with van der Waals surface area (Å²) < 4.78 is 0. The number of hydrogen-bond donors (Lipinski definition) is 0. The second kappa shape index (κ2) is 11.5. The average molecular weight is 256 g/mol. The van der Waals surface area contributed by atoms with Gasteiger partial charge in [-0.3, -0.25) is 0 Å². The van der Waals surface area contributed by atoms with Crippen LogP contribution in [0.5, 0.6) is 0 Å². The second-order valence-electron chi connectivity index (χ2n) is 4.00. The Labute approximate surface area is 119 Å². The quantitative estimate of drug-likeness (QED) is 0.623. The molecule has 0 aliphatic carbocycles. The molecule has 0 bridgehead atoms. The first kappa shape index (κ1) is 17.4. The zero-order chi connectivity index (χ0) is 14.5. The fourth-order valence-electron chi connectivity index (χ4n) is 1.87. The van der Waals surface area contributed by atoms with E-state index in [1.54, 1.807) is 0 Å². The van der Waals surface area contributed by atoms with E-state index in [1.807, 2.05) is 27.7 Å². The van der Waals surface area contributed by atoms with Gasteiger partial charge in [0.05, 0.1) is 0 Å². The van der Waals surface area contributed by atoms with Crippen LogP contribution in [0.1, 0.15) is 51.7 Å². The van der Waals surface area contributed by atoms with Crippen molar-refractivity contribution in [2.75, 3.05) is 0 Å². The molecular formula is C19H28. The standard InChI is InChI=1S/C15H16.2C2H6/c1-13(15-10-6-3-7-11-15)12-14-8-4-2-5-9-14;2*1-2/h2-11,13H,12H2,1H3;2*1-2H3/t13-;;/m1../s1. The zero-order valence-electron chi connectivity index (χ0n) is 13.1. The molecule has 0 amide bonds. The number of benzene rings is 2. The van der Waals surface area contributed by atoms with Crippen molar-refractivity contribution in [2.24, 2.45) is 0 Å². The third-order valence-corrected chi connectivity index (χ3v) is 2.75. The van der Waals surface area contributed by atoms with E-state index in [4.69, 9.17) is 0 Å². The second-order valence-corrected chi connectivity index (χ2v) is 4.00. The van der Waals surface area contributed by atoms with E-state index >= 15 is 0 Å². The van der Waals surface area contributed by atoms with Crippen LogP contribution in [0.3, 0.4) is 0 Å². The lowest BCUT2D eigenvalue weighted by molar-refractivity contribution is 0.759. The minimum atomic E-state index is 0.591.